The van der Waals surface area contributed by atoms with Crippen LogP contribution in [0.25, 0.3) is 0 Å². The molecule has 0 radical (unpaired) electrons. The largest absolute Gasteiger partial charge is 0.310 e. The van der Waals surface area contributed by atoms with Crippen LogP contribution >= 0.6 is 39.1 Å². The number of sulfonamides is 1. The Morgan fingerprint density at radius 3 is 2.43 bits per heavy atom. The van der Waals surface area contributed by atoms with Crippen molar-refractivity contribution in [1.82, 2.24) is 9.62 Å². The lowest BCUT2D eigenvalue weighted by Gasteiger charge is -2.24. The first-order chi connectivity index (χ1) is 9.88. The van der Waals surface area contributed by atoms with Gasteiger partial charge in [-0.2, -0.15) is 4.31 Å². The minimum atomic E-state index is -3.68. The van der Waals surface area contributed by atoms with E-state index in [0.717, 1.165) is 19.3 Å². The van der Waals surface area contributed by atoms with Gasteiger partial charge >= 0.3 is 0 Å². The third-order valence-corrected chi connectivity index (χ3v) is 7.29. The zero-order valence-electron chi connectivity index (χ0n) is 11.2. The summed E-state index contributed by atoms with van der Waals surface area (Å²) in [6, 6.07) is 3.76. The summed E-state index contributed by atoms with van der Waals surface area (Å²) < 4.78 is 27.9. The van der Waals surface area contributed by atoms with Crippen LogP contribution in [0.3, 0.4) is 0 Å². The van der Waals surface area contributed by atoms with Crippen molar-refractivity contribution in [2.75, 3.05) is 13.1 Å². The molecule has 0 amide bonds. The second kappa shape index (κ2) is 5.98. The van der Waals surface area contributed by atoms with E-state index in [-0.39, 0.29) is 21.0 Å². The van der Waals surface area contributed by atoms with Gasteiger partial charge < -0.3 is 5.32 Å². The molecule has 8 heteroatoms. The summed E-state index contributed by atoms with van der Waals surface area (Å²) in [7, 11) is -3.68. The highest BCUT2D eigenvalue weighted by molar-refractivity contribution is 9.10. The Bertz CT molecular complexity index is 645. The molecule has 1 aromatic rings. The molecule has 1 aromatic carbocycles. The quantitative estimate of drug-likeness (QED) is 0.809. The van der Waals surface area contributed by atoms with Crippen LogP contribution in [0.15, 0.2) is 21.5 Å². The molecule has 1 N–H and O–H groups in total. The molecule has 2 aliphatic rings. The fourth-order valence-corrected chi connectivity index (χ4v) is 6.42. The maximum absolute atomic E-state index is 12.9. The van der Waals surface area contributed by atoms with Gasteiger partial charge in [-0.15, -0.1) is 0 Å². The topological polar surface area (TPSA) is 49.4 Å². The molecule has 3 rings (SSSR count). The van der Waals surface area contributed by atoms with Gasteiger partial charge in [-0.1, -0.05) is 39.1 Å². The summed E-state index contributed by atoms with van der Waals surface area (Å²) in [5, 5.41) is 3.76. The average molecular weight is 414 g/mol. The molecule has 0 spiro atoms. The molecule has 2 aliphatic heterocycles. The Labute approximate surface area is 143 Å². The van der Waals surface area contributed by atoms with Crippen molar-refractivity contribution >= 4 is 49.2 Å². The summed E-state index contributed by atoms with van der Waals surface area (Å²) in [4.78, 5) is 0.00630. The van der Waals surface area contributed by atoms with Crippen molar-refractivity contribution in [2.45, 2.75) is 36.2 Å². The van der Waals surface area contributed by atoms with Crippen molar-refractivity contribution < 1.29 is 8.42 Å². The number of fused-ring (bicyclic) bond motifs is 2. The van der Waals surface area contributed by atoms with Crippen LogP contribution in [0.2, 0.25) is 10.0 Å². The smallest absolute Gasteiger partial charge is 0.246 e. The van der Waals surface area contributed by atoms with Crippen LogP contribution in [0.4, 0.5) is 0 Å². The Balaban J connectivity index is 1.97. The minimum Gasteiger partial charge on any atom is -0.310 e. The fourth-order valence-electron chi connectivity index (χ4n) is 3.03. The predicted molar refractivity (Wildman–Crippen MR) is 87.5 cm³/mol. The van der Waals surface area contributed by atoms with Crippen molar-refractivity contribution in [3.05, 3.63) is 26.7 Å². The van der Waals surface area contributed by atoms with E-state index in [0.29, 0.717) is 23.6 Å². The number of hydrogen-bond donors (Lipinski definition) is 1. The highest BCUT2D eigenvalue weighted by Gasteiger charge is 2.36. The molecule has 0 aromatic heterocycles. The second-order valence-corrected chi connectivity index (χ2v) is 9.09. The number of benzene rings is 1. The van der Waals surface area contributed by atoms with Gasteiger partial charge in [0, 0.05) is 29.6 Å². The van der Waals surface area contributed by atoms with E-state index in [1.165, 1.54) is 4.31 Å². The van der Waals surface area contributed by atoms with Gasteiger partial charge in [0.25, 0.3) is 0 Å². The molecule has 2 bridgehead atoms. The zero-order chi connectivity index (χ0) is 15.2. The van der Waals surface area contributed by atoms with E-state index < -0.39 is 10.0 Å². The van der Waals surface area contributed by atoms with E-state index >= 15 is 0 Å². The maximum atomic E-state index is 12.9. The molecular weight excluding hydrogens is 399 g/mol. The third kappa shape index (κ3) is 3.12. The van der Waals surface area contributed by atoms with Crippen LogP contribution in [0, 0.1) is 0 Å². The SMILES string of the molecule is O=S(=O)(c1c(Cl)cc(Br)cc1Cl)N1CCC2CCC(C1)N2. The molecule has 21 heavy (non-hydrogen) atoms. The highest BCUT2D eigenvalue weighted by Crippen LogP contribution is 2.35. The minimum absolute atomic E-state index is 0.00630. The number of nitrogens with one attached hydrogen (secondary N) is 1. The maximum Gasteiger partial charge on any atom is 0.246 e. The fraction of sp³-hybridized carbons (Fsp3) is 0.538. The lowest BCUT2D eigenvalue weighted by molar-refractivity contribution is 0.383. The van der Waals surface area contributed by atoms with E-state index in [2.05, 4.69) is 21.2 Å². The van der Waals surface area contributed by atoms with E-state index in [9.17, 15) is 8.42 Å². The van der Waals surface area contributed by atoms with Gasteiger partial charge in [-0.3, -0.25) is 0 Å². The number of hydrogen-bond acceptors (Lipinski definition) is 3. The highest BCUT2D eigenvalue weighted by atomic mass is 79.9. The first-order valence-corrected chi connectivity index (χ1v) is 9.77. The molecule has 0 aliphatic carbocycles. The van der Waals surface area contributed by atoms with Crippen LogP contribution in [-0.2, 0) is 10.0 Å². The average Bonchev–Trinajstić information content (AvgIpc) is 2.66. The predicted octanol–water partition coefficient (Wildman–Crippen LogP) is 3.27. The standard InChI is InChI=1S/C13H15BrCl2N2O2S/c14-8-5-11(15)13(12(16)6-8)21(19,20)18-4-3-9-1-2-10(7-18)17-9/h5-6,9-10,17H,1-4,7H2. The van der Waals surface area contributed by atoms with Gasteiger partial charge in [0.1, 0.15) is 4.90 Å². The van der Waals surface area contributed by atoms with Crippen molar-refractivity contribution in [1.29, 1.82) is 0 Å². The Morgan fingerprint density at radius 1 is 1.14 bits per heavy atom. The molecule has 2 unspecified atom stereocenters. The Morgan fingerprint density at radius 2 is 1.76 bits per heavy atom. The normalized spacial score (nSPS) is 26.8. The van der Waals surface area contributed by atoms with Gasteiger partial charge in [0.15, 0.2) is 0 Å². The Hall–Kier alpha value is 0.150. The van der Waals surface area contributed by atoms with Gasteiger partial charge in [0.2, 0.25) is 10.0 Å². The van der Waals surface area contributed by atoms with Gasteiger partial charge in [-0.05, 0) is 31.4 Å². The summed E-state index contributed by atoms with van der Waals surface area (Å²) >= 11 is 15.5. The van der Waals surface area contributed by atoms with Crippen molar-refractivity contribution in [3.63, 3.8) is 0 Å². The van der Waals surface area contributed by atoms with E-state index in [1.54, 1.807) is 12.1 Å². The summed E-state index contributed by atoms with van der Waals surface area (Å²) in [6.45, 7) is 0.973. The van der Waals surface area contributed by atoms with Crippen LogP contribution in [0.5, 0.6) is 0 Å². The lowest BCUT2D eigenvalue weighted by atomic mass is 10.1. The molecule has 4 nitrogen and oxygen atoms in total. The third-order valence-electron chi connectivity index (χ3n) is 4.05. The van der Waals surface area contributed by atoms with Crippen molar-refractivity contribution in [3.8, 4) is 0 Å². The summed E-state index contributed by atoms with van der Waals surface area (Å²) in [5.74, 6) is 0. The monoisotopic (exact) mass is 412 g/mol. The second-order valence-electron chi connectivity index (χ2n) is 5.49. The molecule has 2 atom stereocenters. The summed E-state index contributed by atoms with van der Waals surface area (Å²) in [6.07, 6.45) is 2.96. The van der Waals surface area contributed by atoms with Crippen LogP contribution in [-0.4, -0.2) is 37.9 Å². The lowest BCUT2D eigenvalue weighted by Crippen LogP contribution is -2.39. The first kappa shape index (κ1) is 16.0. The number of nitrogens with zero attached hydrogens (tertiary/aromatic N) is 1. The summed E-state index contributed by atoms with van der Waals surface area (Å²) in [5.41, 5.74) is 0. The number of halogens is 3. The molecule has 2 fully saturated rings. The van der Waals surface area contributed by atoms with E-state index in [4.69, 9.17) is 23.2 Å². The number of rotatable bonds is 2. The van der Waals surface area contributed by atoms with E-state index in [1.807, 2.05) is 0 Å². The van der Waals surface area contributed by atoms with Gasteiger partial charge in [0.05, 0.1) is 10.0 Å². The zero-order valence-corrected chi connectivity index (χ0v) is 15.1. The van der Waals surface area contributed by atoms with Gasteiger partial charge in [-0.25, -0.2) is 8.42 Å². The molecule has 0 saturated carbocycles. The Kier molecular flexibility index (Phi) is 4.56. The van der Waals surface area contributed by atoms with Crippen LogP contribution in [0.1, 0.15) is 19.3 Å². The molecule has 2 saturated heterocycles. The van der Waals surface area contributed by atoms with Crippen molar-refractivity contribution in [2.24, 2.45) is 0 Å². The molecular formula is C13H15BrCl2N2O2S. The molecule has 116 valence electrons. The van der Waals surface area contributed by atoms with Crippen LogP contribution < -0.4 is 5.32 Å². The first-order valence-electron chi connectivity index (χ1n) is 6.78. The molecule has 2 heterocycles.